The van der Waals surface area contributed by atoms with Crippen molar-refractivity contribution in [3.8, 4) is 11.5 Å². The summed E-state index contributed by atoms with van der Waals surface area (Å²) in [5.74, 6) is 1.29. The molecule has 0 saturated carbocycles. The van der Waals surface area contributed by atoms with E-state index >= 15 is 0 Å². The maximum atomic E-state index is 12.9. The highest BCUT2D eigenvalue weighted by Crippen LogP contribution is 2.27. The number of rotatable bonds is 7. The summed E-state index contributed by atoms with van der Waals surface area (Å²) in [5.41, 5.74) is 1.60. The van der Waals surface area contributed by atoms with E-state index in [9.17, 15) is 4.79 Å². The zero-order chi connectivity index (χ0) is 22.5. The standard InChI is InChI=1S/C23H24Cl2N4O3/c1-31-19-4-2-3-17(13-19)15-27-9-11-28(12-10-27)23(30)21-7-8-29(26-21)16-32-22-6-5-18(24)14-20(22)25/h2-8,13-14H,9-12,15-16H2,1H3. The van der Waals surface area contributed by atoms with Gasteiger partial charge < -0.3 is 14.4 Å². The van der Waals surface area contributed by atoms with Crippen LogP contribution in [0, 0.1) is 0 Å². The van der Waals surface area contributed by atoms with Gasteiger partial charge in [-0.2, -0.15) is 5.10 Å². The molecule has 32 heavy (non-hydrogen) atoms. The van der Waals surface area contributed by atoms with Gasteiger partial charge in [0.25, 0.3) is 5.91 Å². The third kappa shape index (κ3) is 5.54. The summed E-state index contributed by atoms with van der Waals surface area (Å²) in [4.78, 5) is 17.0. The van der Waals surface area contributed by atoms with Crippen molar-refractivity contribution in [3.05, 3.63) is 76.0 Å². The van der Waals surface area contributed by atoms with Crippen LogP contribution in [0.25, 0.3) is 0 Å². The quantitative estimate of drug-likeness (QED) is 0.513. The van der Waals surface area contributed by atoms with Crippen LogP contribution >= 0.6 is 23.2 Å². The third-order valence-electron chi connectivity index (χ3n) is 5.31. The highest BCUT2D eigenvalue weighted by molar-refractivity contribution is 6.35. The molecule has 1 amide bonds. The number of benzene rings is 2. The second-order valence-corrected chi connectivity index (χ2v) is 8.35. The highest BCUT2D eigenvalue weighted by Gasteiger charge is 2.23. The summed E-state index contributed by atoms with van der Waals surface area (Å²) in [6.07, 6.45) is 1.72. The Morgan fingerprint density at radius 1 is 1.06 bits per heavy atom. The van der Waals surface area contributed by atoms with Gasteiger partial charge in [-0.3, -0.25) is 9.69 Å². The lowest BCUT2D eigenvalue weighted by Gasteiger charge is -2.34. The SMILES string of the molecule is COc1cccc(CN2CCN(C(=O)c3ccn(COc4ccc(Cl)cc4Cl)n3)CC2)c1. The first kappa shape index (κ1) is 22.5. The van der Waals surface area contributed by atoms with Crippen molar-refractivity contribution in [1.82, 2.24) is 19.6 Å². The molecule has 1 aromatic heterocycles. The molecule has 0 aliphatic carbocycles. The molecule has 1 aliphatic rings. The van der Waals surface area contributed by atoms with Gasteiger partial charge in [0.1, 0.15) is 11.5 Å². The summed E-state index contributed by atoms with van der Waals surface area (Å²) in [7, 11) is 1.67. The topological polar surface area (TPSA) is 59.8 Å². The fraction of sp³-hybridized carbons (Fsp3) is 0.304. The van der Waals surface area contributed by atoms with Gasteiger partial charge in [-0.1, -0.05) is 35.3 Å². The molecule has 0 spiro atoms. The molecular weight excluding hydrogens is 451 g/mol. The second-order valence-electron chi connectivity index (χ2n) is 7.51. The van der Waals surface area contributed by atoms with Gasteiger partial charge in [-0.15, -0.1) is 0 Å². The average Bonchev–Trinajstić information content (AvgIpc) is 3.28. The fourth-order valence-electron chi connectivity index (χ4n) is 3.58. The second kappa shape index (κ2) is 10.3. The van der Waals surface area contributed by atoms with Gasteiger partial charge in [0, 0.05) is 43.9 Å². The van der Waals surface area contributed by atoms with E-state index in [2.05, 4.69) is 16.1 Å². The molecule has 2 aromatic carbocycles. The predicted molar refractivity (Wildman–Crippen MR) is 123 cm³/mol. The maximum absolute atomic E-state index is 12.9. The van der Waals surface area contributed by atoms with Crippen molar-refractivity contribution in [2.75, 3.05) is 33.3 Å². The van der Waals surface area contributed by atoms with E-state index in [-0.39, 0.29) is 12.6 Å². The Bertz CT molecular complexity index is 1080. The van der Waals surface area contributed by atoms with E-state index < -0.39 is 0 Å². The molecule has 0 atom stereocenters. The molecule has 9 heteroatoms. The number of halogens is 2. The van der Waals surface area contributed by atoms with Crippen LogP contribution in [0.3, 0.4) is 0 Å². The molecule has 1 fully saturated rings. The van der Waals surface area contributed by atoms with E-state index in [1.165, 1.54) is 5.56 Å². The number of piperazine rings is 1. The lowest BCUT2D eigenvalue weighted by atomic mass is 10.2. The lowest BCUT2D eigenvalue weighted by molar-refractivity contribution is 0.0621. The third-order valence-corrected chi connectivity index (χ3v) is 5.84. The molecule has 7 nitrogen and oxygen atoms in total. The van der Waals surface area contributed by atoms with E-state index in [1.54, 1.807) is 42.3 Å². The normalized spacial score (nSPS) is 14.4. The zero-order valence-electron chi connectivity index (χ0n) is 17.7. The molecule has 1 aliphatic heterocycles. The highest BCUT2D eigenvalue weighted by atomic mass is 35.5. The van der Waals surface area contributed by atoms with Gasteiger partial charge in [0.05, 0.1) is 12.1 Å². The first-order valence-electron chi connectivity index (χ1n) is 10.3. The lowest BCUT2D eigenvalue weighted by Crippen LogP contribution is -2.48. The van der Waals surface area contributed by atoms with Gasteiger partial charge in [-0.05, 0) is 42.0 Å². The number of methoxy groups -OCH3 is 1. The summed E-state index contributed by atoms with van der Waals surface area (Å²) in [5, 5.41) is 5.32. The van der Waals surface area contributed by atoms with E-state index in [4.69, 9.17) is 32.7 Å². The van der Waals surface area contributed by atoms with Crippen LogP contribution in [0.4, 0.5) is 0 Å². The van der Waals surface area contributed by atoms with Gasteiger partial charge in [-0.25, -0.2) is 4.68 Å². The largest absolute Gasteiger partial charge is 0.497 e. The minimum atomic E-state index is -0.0747. The van der Waals surface area contributed by atoms with Crippen molar-refractivity contribution < 1.29 is 14.3 Å². The Morgan fingerprint density at radius 3 is 2.62 bits per heavy atom. The number of carbonyl (C=O) groups is 1. The van der Waals surface area contributed by atoms with Gasteiger partial charge >= 0.3 is 0 Å². The minimum Gasteiger partial charge on any atom is -0.497 e. The average molecular weight is 475 g/mol. The zero-order valence-corrected chi connectivity index (χ0v) is 19.2. The monoisotopic (exact) mass is 474 g/mol. The van der Waals surface area contributed by atoms with Crippen molar-refractivity contribution in [3.63, 3.8) is 0 Å². The molecule has 1 saturated heterocycles. The Labute approximate surface area is 197 Å². The number of hydrogen-bond donors (Lipinski definition) is 0. The molecule has 3 aromatic rings. The number of carbonyl (C=O) groups excluding carboxylic acids is 1. The van der Waals surface area contributed by atoms with Crippen LogP contribution in [0.1, 0.15) is 16.1 Å². The summed E-state index contributed by atoms with van der Waals surface area (Å²) in [6.45, 7) is 3.91. The molecule has 0 N–H and O–H groups in total. The first-order valence-corrected chi connectivity index (χ1v) is 11.0. The molecule has 4 rings (SSSR count). The van der Waals surface area contributed by atoms with Crippen LogP contribution in [0.5, 0.6) is 11.5 Å². The van der Waals surface area contributed by atoms with Crippen LogP contribution in [-0.4, -0.2) is 58.8 Å². The number of amides is 1. The van der Waals surface area contributed by atoms with Crippen LogP contribution in [0.15, 0.2) is 54.7 Å². The molecule has 0 bridgehead atoms. The van der Waals surface area contributed by atoms with Crippen LogP contribution < -0.4 is 9.47 Å². The molecule has 0 radical (unpaired) electrons. The Kier molecular flexibility index (Phi) is 7.19. The minimum absolute atomic E-state index is 0.0747. The van der Waals surface area contributed by atoms with Gasteiger partial charge in [0.2, 0.25) is 0 Å². The number of ether oxygens (including phenoxy) is 2. The Hall–Kier alpha value is -2.74. The fourth-order valence-corrected chi connectivity index (χ4v) is 4.04. The van der Waals surface area contributed by atoms with E-state index in [0.29, 0.717) is 34.6 Å². The number of aromatic nitrogens is 2. The van der Waals surface area contributed by atoms with Crippen molar-refractivity contribution >= 4 is 29.1 Å². The van der Waals surface area contributed by atoms with E-state index in [0.717, 1.165) is 25.4 Å². The van der Waals surface area contributed by atoms with Crippen molar-refractivity contribution in [2.45, 2.75) is 13.3 Å². The molecular formula is C23H24Cl2N4O3. The van der Waals surface area contributed by atoms with Crippen LogP contribution in [0.2, 0.25) is 10.0 Å². The number of nitrogens with zero attached hydrogens (tertiary/aromatic N) is 4. The van der Waals surface area contributed by atoms with Crippen molar-refractivity contribution in [1.29, 1.82) is 0 Å². The van der Waals surface area contributed by atoms with Crippen molar-refractivity contribution in [2.24, 2.45) is 0 Å². The molecule has 0 unspecified atom stereocenters. The maximum Gasteiger partial charge on any atom is 0.274 e. The first-order chi connectivity index (χ1) is 15.5. The van der Waals surface area contributed by atoms with Gasteiger partial charge in [0.15, 0.2) is 12.4 Å². The summed E-state index contributed by atoms with van der Waals surface area (Å²) in [6, 6.07) is 14.8. The van der Waals surface area contributed by atoms with Crippen LogP contribution in [-0.2, 0) is 13.3 Å². The molecule has 2 heterocycles. The smallest absolute Gasteiger partial charge is 0.274 e. The Balaban J connectivity index is 1.28. The predicted octanol–water partition coefficient (Wildman–Crippen LogP) is 4.19. The molecule has 168 valence electrons. The Morgan fingerprint density at radius 2 is 1.88 bits per heavy atom. The van der Waals surface area contributed by atoms with E-state index in [1.807, 2.05) is 23.1 Å². The summed E-state index contributed by atoms with van der Waals surface area (Å²) < 4.78 is 12.5. The summed E-state index contributed by atoms with van der Waals surface area (Å²) >= 11 is 12.0. The number of hydrogen-bond acceptors (Lipinski definition) is 5.